The molecule has 0 bridgehead atoms. The molecule has 0 saturated carbocycles. The summed E-state index contributed by atoms with van der Waals surface area (Å²) in [6.07, 6.45) is 1.89. The zero-order valence-corrected chi connectivity index (χ0v) is 15.0. The number of halogens is 1. The summed E-state index contributed by atoms with van der Waals surface area (Å²) < 4.78 is 0.903. The van der Waals surface area contributed by atoms with E-state index in [1.165, 1.54) is 23.5 Å². The Kier molecular flexibility index (Phi) is 6.15. The molecule has 3 rings (SSSR count). The van der Waals surface area contributed by atoms with Gasteiger partial charge in [0.15, 0.2) is 0 Å². The van der Waals surface area contributed by atoms with Crippen LogP contribution in [0.15, 0.2) is 24.3 Å². The molecule has 1 atom stereocenters. The summed E-state index contributed by atoms with van der Waals surface area (Å²) in [6.45, 7) is 4.58. The van der Waals surface area contributed by atoms with Crippen molar-refractivity contribution < 1.29 is 9.72 Å². The highest BCUT2D eigenvalue weighted by atomic mass is 35.5. The summed E-state index contributed by atoms with van der Waals surface area (Å²) in [6, 6.07) is 6.75. The third-order valence-corrected chi connectivity index (χ3v) is 5.23. The molecule has 24 heavy (non-hydrogen) atoms. The number of carbonyl (C=O) groups excluding carboxylic acids is 1. The first-order valence-corrected chi connectivity index (χ1v) is 8.61. The number of benzene rings is 1. The Morgan fingerprint density at radius 3 is 2.88 bits per heavy atom. The molecule has 6 nitrogen and oxygen atoms in total. The SMILES string of the molecule is CCCN(C(=O)c1cc2cc([N+](=O)[O-])ccc2s1)C1CCNC1.Cl. The third-order valence-electron chi connectivity index (χ3n) is 4.12. The predicted molar refractivity (Wildman–Crippen MR) is 98.3 cm³/mol. The molecule has 1 fully saturated rings. The Bertz CT molecular complexity index is 743. The van der Waals surface area contributed by atoms with Crippen molar-refractivity contribution in [1.29, 1.82) is 0 Å². The average Bonchev–Trinajstić information content (AvgIpc) is 3.20. The van der Waals surface area contributed by atoms with Gasteiger partial charge in [-0.2, -0.15) is 0 Å². The first kappa shape index (κ1) is 18.6. The minimum atomic E-state index is -0.411. The van der Waals surface area contributed by atoms with Gasteiger partial charge in [0.25, 0.3) is 11.6 Å². The number of amides is 1. The van der Waals surface area contributed by atoms with Crippen molar-refractivity contribution in [3.63, 3.8) is 0 Å². The maximum Gasteiger partial charge on any atom is 0.270 e. The molecule has 1 saturated heterocycles. The Morgan fingerprint density at radius 1 is 1.46 bits per heavy atom. The van der Waals surface area contributed by atoms with Crippen LogP contribution in [0, 0.1) is 10.1 Å². The van der Waals surface area contributed by atoms with E-state index in [-0.39, 0.29) is 30.0 Å². The van der Waals surface area contributed by atoms with Crippen LogP contribution in [0.25, 0.3) is 10.1 Å². The molecule has 0 spiro atoms. The average molecular weight is 370 g/mol. The van der Waals surface area contributed by atoms with Gasteiger partial charge in [0, 0.05) is 41.4 Å². The summed E-state index contributed by atoms with van der Waals surface area (Å²) in [7, 11) is 0. The van der Waals surface area contributed by atoms with Crippen LogP contribution < -0.4 is 5.32 Å². The van der Waals surface area contributed by atoms with Gasteiger partial charge in [-0.05, 0) is 31.5 Å². The minimum absolute atomic E-state index is 0. The Labute approximate surface area is 150 Å². The van der Waals surface area contributed by atoms with Crippen molar-refractivity contribution >= 4 is 45.4 Å². The smallest absolute Gasteiger partial charge is 0.270 e. The molecule has 1 aliphatic rings. The first-order chi connectivity index (χ1) is 11.1. The summed E-state index contributed by atoms with van der Waals surface area (Å²) in [5.41, 5.74) is 0.0553. The van der Waals surface area contributed by atoms with Crippen LogP contribution in [0.3, 0.4) is 0 Å². The van der Waals surface area contributed by atoms with E-state index in [2.05, 4.69) is 12.2 Å². The highest BCUT2D eigenvalue weighted by Crippen LogP contribution is 2.30. The molecular weight excluding hydrogens is 350 g/mol. The largest absolute Gasteiger partial charge is 0.334 e. The minimum Gasteiger partial charge on any atom is -0.334 e. The zero-order chi connectivity index (χ0) is 16.4. The van der Waals surface area contributed by atoms with Crippen LogP contribution >= 0.6 is 23.7 Å². The van der Waals surface area contributed by atoms with E-state index in [0.29, 0.717) is 4.88 Å². The lowest BCUT2D eigenvalue weighted by atomic mass is 10.2. The molecule has 1 aromatic carbocycles. The summed E-state index contributed by atoms with van der Waals surface area (Å²) in [5, 5.41) is 14.9. The lowest BCUT2D eigenvalue weighted by molar-refractivity contribution is -0.384. The van der Waals surface area contributed by atoms with Crippen molar-refractivity contribution in [1.82, 2.24) is 10.2 Å². The molecule has 2 aromatic rings. The number of nitrogens with zero attached hydrogens (tertiary/aromatic N) is 2. The van der Waals surface area contributed by atoms with Crippen molar-refractivity contribution in [3.05, 3.63) is 39.3 Å². The number of non-ortho nitro benzene ring substituents is 1. The fourth-order valence-electron chi connectivity index (χ4n) is 2.99. The van der Waals surface area contributed by atoms with Crippen molar-refractivity contribution in [2.24, 2.45) is 0 Å². The number of hydrogen-bond acceptors (Lipinski definition) is 5. The fourth-order valence-corrected chi connectivity index (χ4v) is 3.99. The molecule has 1 unspecified atom stereocenters. The molecule has 0 aliphatic carbocycles. The van der Waals surface area contributed by atoms with E-state index in [9.17, 15) is 14.9 Å². The number of fused-ring (bicyclic) bond motifs is 1. The maximum absolute atomic E-state index is 12.9. The standard InChI is InChI=1S/C16H19N3O3S.ClH/c1-2-7-18(13-5-6-17-10-13)16(20)15-9-11-8-12(19(21)22)3-4-14(11)23-15;/h3-4,8-9,13,17H,2,5-7,10H2,1H3;1H. The number of nitrogens with one attached hydrogen (secondary N) is 1. The number of rotatable bonds is 5. The number of carbonyl (C=O) groups is 1. The number of nitro groups is 1. The molecule has 2 heterocycles. The Hall–Kier alpha value is -1.70. The van der Waals surface area contributed by atoms with Gasteiger partial charge in [-0.15, -0.1) is 23.7 Å². The van der Waals surface area contributed by atoms with Crippen LogP contribution in [0.5, 0.6) is 0 Å². The second-order valence-electron chi connectivity index (χ2n) is 5.74. The van der Waals surface area contributed by atoms with Gasteiger partial charge in [0.2, 0.25) is 0 Å². The van der Waals surface area contributed by atoms with Crippen molar-refractivity contribution in [3.8, 4) is 0 Å². The fraction of sp³-hybridized carbons (Fsp3) is 0.438. The normalized spacial score (nSPS) is 16.8. The quantitative estimate of drug-likeness (QED) is 0.647. The van der Waals surface area contributed by atoms with Crippen LogP contribution in [0.4, 0.5) is 5.69 Å². The van der Waals surface area contributed by atoms with Crippen LogP contribution in [0.1, 0.15) is 29.4 Å². The molecule has 1 amide bonds. The van der Waals surface area contributed by atoms with Gasteiger partial charge < -0.3 is 10.2 Å². The van der Waals surface area contributed by atoms with Gasteiger partial charge in [-0.1, -0.05) is 6.92 Å². The summed E-state index contributed by atoms with van der Waals surface area (Å²) in [5.74, 6) is 0.0319. The topological polar surface area (TPSA) is 75.5 Å². The van der Waals surface area contributed by atoms with Gasteiger partial charge in [0.1, 0.15) is 0 Å². The Balaban J connectivity index is 0.00000208. The molecular formula is C16H20ClN3O3S. The van der Waals surface area contributed by atoms with Crippen LogP contribution in [0.2, 0.25) is 0 Å². The highest BCUT2D eigenvalue weighted by molar-refractivity contribution is 7.20. The molecule has 130 valence electrons. The van der Waals surface area contributed by atoms with E-state index >= 15 is 0 Å². The third kappa shape index (κ3) is 3.68. The number of hydrogen-bond donors (Lipinski definition) is 1. The Morgan fingerprint density at radius 2 is 2.25 bits per heavy atom. The first-order valence-electron chi connectivity index (χ1n) is 7.80. The van der Waals surface area contributed by atoms with Crippen molar-refractivity contribution in [2.75, 3.05) is 19.6 Å². The highest BCUT2D eigenvalue weighted by Gasteiger charge is 2.27. The summed E-state index contributed by atoms with van der Waals surface area (Å²) >= 11 is 1.40. The van der Waals surface area contributed by atoms with Gasteiger partial charge in [0.05, 0.1) is 9.80 Å². The second kappa shape index (κ2) is 7.92. The van der Waals surface area contributed by atoms with E-state index in [4.69, 9.17) is 0 Å². The van der Waals surface area contributed by atoms with Gasteiger partial charge in [-0.25, -0.2) is 0 Å². The molecule has 8 heteroatoms. The van der Waals surface area contributed by atoms with E-state index in [0.717, 1.165) is 42.6 Å². The molecule has 1 aliphatic heterocycles. The number of thiophene rings is 1. The molecule has 1 N–H and O–H groups in total. The zero-order valence-electron chi connectivity index (χ0n) is 13.4. The lowest BCUT2D eigenvalue weighted by Crippen LogP contribution is -2.41. The number of nitro benzene ring substituents is 1. The van der Waals surface area contributed by atoms with Crippen LogP contribution in [-0.4, -0.2) is 41.4 Å². The van der Waals surface area contributed by atoms with E-state index in [1.54, 1.807) is 12.1 Å². The predicted octanol–water partition coefficient (Wildman–Crippen LogP) is 3.45. The van der Waals surface area contributed by atoms with E-state index < -0.39 is 4.92 Å². The summed E-state index contributed by atoms with van der Waals surface area (Å²) in [4.78, 5) is 26.0. The van der Waals surface area contributed by atoms with Crippen molar-refractivity contribution in [2.45, 2.75) is 25.8 Å². The maximum atomic E-state index is 12.9. The molecule has 1 aromatic heterocycles. The molecule has 0 radical (unpaired) electrons. The van der Waals surface area contributed by atoms with Gasteiger partial charge >= 0.3 is 0 Å². The second-order valence-corrected chi connectivity index (χ2v) is 6.82. The van der Waals surface area contributed by atoms with Gasteiger partial charge in [-0.3, -0.25) is 14.9 Å². The lowest BCUT2D eigenvalue weighted by Gasteiger charge is -2.27. The monoisotopic (exact) mass is 369 g/mol. The van der Waals surface area contributed by atoms with E-state index in [1.807, 2.05) is 4.90 Å². The van der Waals surface area contributed by atoms with Crippen LogP contribution in [-0.2, 0) is 0 Å².